The van der Waals surface area contributed by atoms with E-state index >= 15 is 0 Å². The Morgan fingerprint density at radius 1 is 1.37 bits per heavy atom. The van der Waals surface area contributed by atoms with Gasteiger partial charge in [0.25, 0.3) is 5.91 Å². The summed E-state index contributed by atoms with van der Waals surface area (Å²) in [7, 11) is 0. The van der Waals surface area contributed by atoms with Gasteiger partial charge in [0, 0.05) is 12.5 Å². The average molecular weight is 267 g/mol. The van der Waals surface area contributed by atoms with Crippen LogP contribution < -0.4 is 0 Å². The molecule has 0 unspecified atom stereocenters. The zero-order chi connectivity index (χ0) is 14.4. The molecular weight excluding hydrogens is 246 g/mol. The van der Waals surface area contributed by atoms with Gasteiger partial charge >= 0.3 is 5.97 Å². The van der Waals surface area contributed by atoms with Crippen molar-refractivity contribution >= 4 is 11.9 Å². The van der Waals surface area contributed by atoms with Crippen LogP contribution in [0.25, 0.3) is 0 Å². The molecule has 0 spiro atoms. The molecule has 1 rings (SSSR count). The molecule has 0 bridgehead atoms. The summed E-state index contributed by atoms with van der Waals surface area (Å²) in [5.74, 6) is 0.0410. The van der Waals surface area contributed by atoms with Crippen LogP contribution in [0.4, 0.5) is 0 Å². The third-order valence-electron chi connectivity index (χ3n) is 2.79. The smallest absolute Gasteiger partial charge is 0.325 e. The molecule has 1 amide bonds. The van der Waals surface area contributed by atoms with E-state index in [0.717, 1.165) is 0 Å². The molecule has 0 aliphatic carbocycles. The fraction of sp³-hybridized carbons (Fsp3) is 0.571. The predicted octanol–water partition coefficient (Wildman–Crippen LogP) is 2.26. The second kappa shape index (κ2) is 6.97. The van der Waals surface area contributed by atoms with Crippen LogP contribution in [0.2, 0.25) is 0 Å². The number of nitrogens with zero attached hydrogens (tertiary/aromatic N) is 1. The van der Waals surface area contributed by atoms with Gasteiger partial charge < -0.3 is 14.1 Å². The Hall–Kier alpha value is -1.78. The number of furan rings is 1. The monoisotopic (exact) mass is 267 g/mol. The first-order chi connectivity index (χ1) is 9.01. The third kappa shape index (κ3) is 3.84. The van der Waals surface area contributed by atoms with Crippen LogP contribution in [0.3, 0.4) is 0 Å². The Bertz CT molecular complexity index is 436. The van der Waals surface area contributed by atoms with E-state index in [9.17, 15) is 9.59 Å². The molecule has 0 aliphatic rings. The average Bonchev–Trinajstić information content (AvgIpc) is 2.83. The summed E-state index contributed by atoms with van der Waals surface area (Å²) in [5.41, 5.74) is 0.514. The normalized spacial score (nSPS) is 10.6. The minimum Gasteiger partial charge on any atom is -0.469 e. The van der Waals surface area contributed by atoms with E-state index in [1.165, 1.54) is 11.2 Å². The van der Waals surface area contributed by atoms with Gasteiger partial charge in [-0.15, -0.1) is 0 Å². The minimum atomic E-state index is -0.397. The van der Waals surface area contributed by atoms with Crippen LogP contribution in [0, 0.1) is 0 Å². The van der Waals surface area contributed by atoms with Gasteiger partial charge in [-0.3, -0.25) is 9.59 Å². The predicted molar refractivity (Wildman–Crippen MR) is 70.9 cm³/mol. The van der Waals surface area contributed by atoms with Crippen molar-refractivity contribution < 1.29 is 18.7 Å². The molecule has 106 valence electrons. The molecule has 1 heterocycles. The van der Waals surface area contributed by atoms with Gasteiger partial charge in [0.15, 0.2) is 0 Å². The molecule has 0 aromatic carbocycles. The fourth-order valence-electron chi connectivity index (χ4n) is 1.79. The lowest BCUT2D eigenvalue weighted by Crippen LogP contribution is -2.41. The molecule has 19 heavy (non-hydrogen) atoms. The van der Waals surface area contributed by atoms with Gasteiger partial charge in [-0.2, -0.15) is 0 Å². The number of ether oxygens (including phenoxy) is 1. The van der Waals surface area contributed by atoms with Gasteiger partial charge in [0.2, 0.25) is 0 Å². The van der Waals surface area contributed by atoms with Crippen LogP contribution in [-0.2, 0) is 16.0 Å². The molecule has 0 saturated heterocycles. The molecule has 5 heteroatoms. The maximum Gasteiger partial charge on any atom is 0.325 e. The van der Waals surface area contributed by atoms with E-state index in [1.54, 1.807) is 13.0 Å². The Morgan fingerprint density at radius 2 is 2.05 bits per heavy atom. The van der Waals surface area contributed by atoms with E-state index in [0.29, 0.717) is 24.4 Å². The molecule has 5 nitrogen and oxygen atoms in total. The van der Waals surface area contributed by atoms with Crippen molar-refractivity contribution in [3.63, 3.8) is 0 Å². The molecule has 0 atom stereocenters. The van der Waals surface area contributed by atoms with Crippen LogP contribution in [0.5, 0.6) is 0 Å². The van der Waals surface area contributed by atoms with Crippen molar-refractivity contribution in [2.75, 3.05) is 13.2 Å². The Morgan fingerprint density at radius 3 is 2.58 bits per heavy atom. The van der Waals surface area contributed by atoms with Gasteiger partial charge in [-0.05, 0) is 26.8 Å². The highest BCUT2D eigenvalue weighted by Gasteiger charge is 2.25. The van der Waals surface area contributed by atoms with Gasteiger partial charge in [-0.1, -0.05) is 6.92 Å². The lowest BCUT2D eigenvalue weighted by molar-refractivity contribution is -0.144. The first-order valence-corrected chi connectivity index (χ1v) is 6.54. The zero-order valence-electron chi connectivity index (χ0n) is 11.9. The summed E-state index contributed by atoms with van der Waals surface area (Å²) in [6.07, 6.45) is 2.13. The second-order valence-electron chi connectivity index (χ2n) is 4.44. The Labute approximate surface area is 113 Å². The molecule has 0 N–H and O–H groups in total. The van der Waals surface area contributed by atoms with Gasteiger partial charge in [-0.25, -0.2) is 0 Å². The number of carbonyl (C=O) groups is 2. The number of hydrogen-bond acceptors (Lipinski definition) is 4. The summed E-state index contributed by atoms with van der Waals surface area (Å²) in [6, 6.07) is 1.55. The van der Waals surface area contributed by atoms with Crippen molar-refractivity contribution in [3.8, 4) is 0 Å². The molecule has 0 saturated carbocycles. The van der Waals surface area contributed by atoms with Gasteiger partial charge in [0.1, 0.15) is 12.3 Å². The standard InChI is InChI=1S/C14H21NO4/c1-5-12-11(7-8-19-12)14(17)15(10(3)4)9-13(16)18-6-2/h7-8,10H,5-6,9H2,1-4H3. The summed E-state index contributed by atoms with van der Waals surface area (Å²) in [6.45, 7) is 7.65. The summed E-state index contributed by atoms with van der Waals surface area (Å²) in [5, 5.41) is 0. The summed E-state index contributed by atoms with van der Waals surface area (Å²) in [4.78, 5) is 25.5. The van der Waals surface area contributed by atoms with Crippen molar-refractivity contribution in [1.82, 2.24) is 4.90 Å². The fourth-order valence-corrected chi connectivity index (χ4v) is 1.79. The first-order valence-electron chi connectivity index (χ1n) is 6.54. The lowest BCUT2D eigenvalue weighted by atomic mass is 10.1. The summed E-state index contributed by atoms with van der Waals surface area (Å²) < 4.78 is 10.1. The second-order valence-corrected chi connectivity index (χ2v) is 4.44. The highest BCUT2D eigenvalue weighted by molar-refractivity contribution is 5.97. The quantitative estimate of drug-likeness (QED) is 0.742. The van der Waals surface area contributed by atoms with Crippen LogP contribution in [0.15, 0.2) is 16.7 Å². The number of hydrogen-bond donors (Lipinski definition) is 0. The highest BCUT2D eigenvalue weighted by atomic mass is 16.5. The van der Waals surface area contributed by atoms with E-state index in [2.05, 4.69) is 0 Å². The zero-order valence-corrected chi connectivity index (χ0v) is 11.9. The Kier molecular flexibility index (Phi) is 5.60. The first kappa shape index (κ1) is 15.3. The molecule has 1 aromatic heterocycles. The molecule has 1 aromatic rings. The maximum absolute atomic E-state index is 12.4. The number of aryl methyl sites for hydroxylation is 1. The number of carbonyl (C=O) groups excluding carboxylic acids is 2. The number of rotatable bonds is 6. The number of amides is 1. The van der Waals surface area contributed by atoms with Crippen molar-refractivity contribution in [2.24, 2.45) is 0 Å². The minimum absolute atomic E-state index is 0.0430. The van der Waals surface area contributed by atoms with Crippen molar-refractivity contribution in [2.45, 2.75) is 40.2 Å². The van der Waals surface area contributed by atoms with Crippen LogP contribution in [0.1, 0.15) is 43.8 Å². The Balaban J connectivity index is 2.87. The van der Waals surface area contributed by atoms with Gasteiger partial charge in [0.05, 0.1) is 18.4 Å². The van der Waals surface area contributed by atoms with E-state index in [-0.39, 0.29) is 18.5 Å². The van der Waals surface area contributed by atoms with E-state index < -0.39 is 5.97 Å². The van der Waals surface area contributed by atoms with Crippen molar-refractivity contribution in [3.05, 3.63) is 23.7 Å². The third-order valence-corrected chi connectivity index (χ3v) is 2.79. The van der Waals surface area contributed by atoms with Crippen molar-refractivity contribution in [1.29, 1.82) is 0 Å². The topological polar surface area (TPSA) is 59.8 Å². The largest absolute Gasteiger partial charge is 0.469 e. The van der Waals surface area contributed by atoms with Crippen LogP contribution in [-0.4, -0.2) is 36.0 Å². The van der Waals surface area contributed by atoms with E-state index in [4.69, 9.17) is 9.15 Å². The lowest BCUT2D eigenvalue weighted by Gasteiger charge is -2.25. The van der Waals surface area contributed by atoms with Crippen LogP contribution >= 0.6 is 0 Å². The number of esters is 1. The molecular formula is C14H21NO4. The molecule has 0 aliphatic heterocycles. The highest BCUT2D eigenvalue weighted by Crippen LogP contribution is 2.15. The SMILES string of the molecule is CCOC(=O)CN(C(=O)c1ccoc1CC)C(C)C. The van der Waals surface area contributed by atoms with E-state index in [1.807, 2.05) is 20.8 Å². The maximum atomic E-state index is 12.4. The summed E-state index contributed by atoms with van der Waals surface area (Å²) >= 11 is 0. The molecule has 0 fully saturated rings. The molecule has 0 radical (unpaired) electrons.